The van der Waals surface area contributed by atoms with Crippen LogP contribution in [0.4, 0.5) is 18.9 Å². The highest BCUT2D eigenvalue weighted by Gasteiger charge is 2.30. The van der Waals surface area contributed by atoms with Gasteiger partial charge in [0.05, 0.1) is 23.9 Å². The van der Waals surface area contributed by atoms with Crippen molar-refractivity contribution in [1.29, 1.82) is 0 Å². The third-order valence-electron chi connectivity index (χ3n) is 4.77. The van der Waals surface area contributed by atoms with Gasteiger partial charge in [0.25, 0.3) is 11.8 Å². The van der Waals surface area contributed by atoms with Crippen molar-refractivity contribution < 1.29 is 36.7 Å². The number of nitrogens with one attached hydrogen (secondary N) is 2. The molecule has 0 spiro atoms. The Bertz CT molecular complexity index is 1270. The summed E-state index contributed by atoms with van der Waals surface area (Å²) in [5, 5.41) is 6.31. The minimum atomic E-state index is -4.52. The average molecular weight is 503 g/mol. The van der Waals surface area contributed by atoms with E-state index in [9.17, 15) is 22.8 Å². The van der Waals surface area contributed by atoms with Gasteiger partial charge < -0.3 is 19.2 Å². The lowest BCUT2D eigenvalue weighted by Gasteiger charge is -2.13. The fourth-order valence-corrected chi connectivity index (χ4v) is 3.19. The molecule has 11 heteroatoms. The number of benzene rings is 2. The summed E-state index contributed by atoms with van der Waals surface area (Å²) in [5.74, 6) is 0.606. The van der Waals surface area contributed by atoms with E-state index in [1.807, 2.05) is 0 Å². The zero-order valence-electron chi connectivity index (χ0n) is 19.7. The van der Waals surface area contributed by atoms with Crippen molar-refractivity contribution in [1.82, 2.24) is 5.43 Å². The summed E-state index contributed by atoms with van der Waals surface area (Å²) < 4.78 is 54.9. The molecule has 0 aliphatic rings. The van der Waals surface area contributed by atoms with Crippen molar-refractivity contribution in [3.8, 4) is 11.5 Å². The van der Waals surface area contributed by atoms with Crippen LogP contribution in [0.25, 0.3) is 0 Å². The SMILES string of the molecule is CCOc1cc(/C=N\NC(=O)c2cc(C)oc2C)ccc1OCC(=O)Nc1cccc(C(F)(F)F)c1. The van der Waals surface area contributed by atoms with Crippen LogP contribution in [0, 0.1) is 13.8 Å². The van der Waals surface area contributed by atoms with Crippen molar-refractivity contribution in [3.63, 3.8) is 0 Å². The number of rotatable bonds is 9. The van der Waals surface area contributed by atoms with Gasteiger partial charge in [-0.1, -0.05) is 6.07 Å². The van der Waals surface area contributed by atoms with E-state index >= 15 is 0 Å². The lowest BCUT2D eigenvalue weighted by Crippen LogP contribution is -2.20. The summed E-state index contributed by atoms with van der Waals surface area (Å²) in [4.78, 5) is 24.4. The zero-order valence-corrected chi connectivity index (χ0v) is 19.7. The highest BCUT2D eigenvalue weighted by Crippen LogP contribution is 2.31. The van der Waals surface area contributed by atoms with Crippen LogP contribution in [0.3, 0.4) is 0 Å². The first-order valence-electron chi connectivity index (χ1n) is 10.8. The topological polar surface area (TPSA) is 102 Å². The summed E-state index contributed by atoms with van der Waals surface area (Å²) >= 11 is 0. The maximum atomic E-state index is 12.9. The molecule has 2 amide bonds. The van der Waals surface area contributed by atoms with Crippen molar-refractivity contribution >= 4 is 23.7 Å². The summed E-state index contributed by atoms with van der Waals surface area (Å²) in [6.07, 6.45) is -3.11. The summed E-state index contributed by atoms with van der Waals surface area (Å²) in [7, 11) is 0. The Morgan fingerprint density at radius 3 is 2.50 bits per heavy atom. The second-order valence-electron chi connectivity index (χ2n) is 7.58. The number of hydrogen-bond acceptors (Lipinski definition) is 6. The predicted molar refractivity (Wildman–Crippen MR) is 126 cm³/mol. The Labute approximate surface area is 205 Å². The molecule has 0 saturated carbocycles. The quantitative estimate of drug-likeness (QED) is 0.313. The molecule has 3 rings (SSSR count). The van der Waals surface area contributed by atoms with E-state index in [2.05, 4.69) is 15.8 Å². The first-order valence-corrected chi connectivity index (χ1v) is 10.8. The number of carbonyl (C=O) groups excluding carboxylic acids is 2. The standard InChI is InChI=1S/C25H24F3N3O5/c1-4-34-22-11-17(13-29-31-24(33)20-10-15(2)36-16(20)3)8-9-21(22)35-14-23(32)30-19-7-5-6-18(12-19)25(26,27)28/h5-13H,4,14H2,1-3H3,(H,30,32)(H,31,33)/b29-13-. The third kappa shape index (κ3) is 7.11. The number of alkyl halides is 3. The fourth-order valence-electron chi connectivity index (χ4n) is 3.19. The van der Waals surface area contributed by atoms with Crippen molar-refractivity contribution in [3.05, 3.63) is 76.7 Å². The number of anilines is 1. The Balaban J connectivity index is 1.61. The van der Waals surface area contributed by atoms with E-state index in [-0.39, 0.29) is 11.4 Å². The fraction of sp³-hybridized carbons (Fsp3) is 0.240. The molecular formula is C25H24F3N3O5. The van der Waals surface area contributed by atoms with Gasteiger partial charge in [-0.15, -0.1) is 0 Å². The predicted octanol–water partition coefficient (Wildman–Crippen LogP) is 5.10. The van der Waals surface area contributed by atoms with Crippen LogP contribution in [-0.2, 0) is 11.0 Å². The van der Waals surface area contributed by atoms with Crippen molar-refractivity contribution in [2.24, 2.45) is 5.10 Å². The number of hydrogen-bond donors (Lipinski definition) is 2. The third-order valence-corrected chi connectivity index (χ3v) is 4.77. The van der Waals surface area contributed by atoms with Gasteiger partial charge in [0.1, 0.15) is 11.5 Å². The first kappa shape index (κ1) is 26.3. The van der Waals surface area contributed by atoms with Crippen LogP contribution < -0.4 is 20.2 Å². The van der Waals surface area contributed by atoms with E-state index in [4.69, 9.17) is 13.9 Å². The Hall–Kier alpha value is -4.28. The molecule has 0 radical (unpaired) electrons. The molecule has 0 aliphatic carbocycles. The van der Waals surface area contributed by atoms with Crippen LogP contribution in [0.15, 0.2) is 58.0 Å². The Morgan fingerprint density at radius 2 is 1.83 bits per heavy atom. The van der Waals surface area contributed by atoms with Crippen LogP contribution in [-0.4, -0.2) is 31.2 Å². The smallest absolute Gasteiger partial charge is 0.416 e. The molecule has 2 N–H and O–H groups in total. The summed E-state index contributed by atoms with van der Waals surface area (Å²) in [5.41, 5.74) is 2.51. The molecule has 0 fully saturated rings. The van der Waals surface area contributed by atoms with Gasteiger partial charge in [-0.05, 0) is 68.8 Å². The van der Waals surface area contributed by atoms with Gasteiger partial charge >= 0.3 is 6.18 Å². The number of nitrogens with zero attached hydrogens (tertiary/aromatic N) is 1. The van der Waals surface area contributed by atoms with Crippen LogP contribution in [0.1, 0.15) is 39.9 Å². The largest absolute Gasteiger partial charge is 0.490 e. The molecule has 36 heavy (non-hydrogen) atoms. The Morgan fingerprint density at radius 1 is 1.06 bits per heavy atom. The highest BCUT2D eigenvalue weighted by atomic mass is 19.4. The van der Waals surface area contributed by atoms with Crippen LogP contribution in [0.2, 0.25) is 0 Å². The molecule has 8 nitrogen and oxygen atoms in total. The molecular weight excluding hydrogens is 479 g/mol. The lowest BCUT2D eigenvalue weighted by atomic mass is 10.2. The summed E-state index contributed by atoms with van der Waals surface area (Å²) in [6.45, 7) is 5.03. The normalized spacial score (nSPS) is 11.4. The van der Waals surface area contributed by atoms with Crippen LogP contribution >= 0.6 is 0 Å². The number of ether oxygens (including phenoxy) is 2. The number of carbonyl (C=O) groups is 2. The van der Waals surface area contributed by atoms with Gasteiger partial charge in [0, 0.05) is 5.69 Å². The Kier molecular flexibility index (Phi) is 8.36. The molecule has 1 heterocycles. The minimum Gasteiger partial charge on any atom is -0.490 e. The van der Waals surface area contributed by atoms with E-state index in [1.165, 1.54) is 18.3 Å². The van der Waals surface area contributed by atoms with Gasteiger partial charge in [0.2, 0.25) is 0 Å². The second-order valence-corrected chi connectivity index (χ2v) is 7.58. The second kappa shape index (κ2) is 11.4. The molecule has 190 valence electrons. The summed E-state index contributed by atoms with van der Waals surface area (Å²) in [6, 6.07) is 10.7. The van der Waals surface area contributed by atoms with Gasteiger partial charge in [-0.3, -0.25) is 9.59 Å². The molecule has 0 saturated heterocycles. The van der Waals surface area contributed by atoms with E-state index in [1.54, 1.807) is 45.0 Å². The maximum Gasteiger partial charge on any atom is 0.416 e. The number of amides is 2. The van der Waals surface area contributed by atoms with Crippen LogP contribution in [0.5, 0.6) is 11.5 Å². The number of aryl methyl sites for hydroxylation is 2. The highest BCUT2D eigenvalue weighted by molar-refractivity contribution is 5.96. The zero-order chi connectivity index (χ0) is 26.3. The molecule has 3 aromatic rings. The maximum absolute atomic E-state index is 12.9. The average Bonchev–Trinajstić information content (AvgIpc) is 3.16. The van der Waals surface area contributed by atoms with E-state index < -0.39 is 30.2 Å². The monoisotopic (exact) mass is 503 g/mol. The van der Waals surface area contributed by atoms with E-state index in [0.29, 0.717) is 35.0 Å². The van der Waals surface area contributed by atoms with Gasteiger partial charge in [-0.25, -0.2) is 5.43 Å². The number of hydrazone groups is 1. The molecule has 2 aromatic carbocycles. The van der Waals surface area contributed by atoms with Gasteiger partial charge in [0.15, 0.2) is 18.1 Å². The molecule has 0 aliphatic heterocycles. The minimum absolute atomic E-state index is 0.00200. The number of furan rings is 1. The molecule has 1 aromatic heterocycles. The number of halogens is 3. The molecule has 0 bridgehead atoms. The first-order chi connectivity index (χ1) is 17.1. The molecule has 0 unspecified atom stereocenters. The van der Waals surface area contributed by atoms with E-state index in [0.717, 1.165) is 12.1 Å². The lowest BCUT2D eigenvalue weighted by molar-refractivity contribution is -0.137. The van der Waals surface area contributed by atoms with Gasteiger partial charge in [-0.2, -0.15) is 18.3 Å². The van der Waals surface area contributed by atoms with Crippen molar-refractivity contribution in [2.75, 3.05) is 18.5 Å². The molecule has 0 atom stereocenters. The van der Waals surface area contributed by atoms with Crippen molar-refractivity contribution in [2.45, 2.75) is 26.9 Å².